The summed E-state index contributed by atoms with van der Waals surface area (Å²) in [4.78, 5) is 23.5. The third-order valence-corrected chi connectivity index (χ3v) is 6.23. The van der Waals surface area contributed by atoms with Gasteiger partial charge in [0.25, 0.3) is 5.91 Å². The largest absolute Gasteiger partial charge is 0.320 e. The number of aromatic nitrogens is 2. The van der Waals surface area contributed by atoms with Gasteiger partial charge in [-0.3, -0.25) is 9.78 Å². The zero-order valence-corrected chi connectivity index (χ0v) is 16.6. The molecule has 1 aliphatic carbocycles. The van der Waals surface area contributed by atoms with Crippen LogP contribution in [-0.2, 0) is 18.4 Å². The van der Waals surface area contributed by atoms with Crippen molar-refractivity contribution >= 4 is 17.2 Å². The van der Waals surface area contributed by atoms with E-state index in [2.05, 4.69) is 49.2 Å². The summed E-state index contributed by atoms with van der Waals surface area (Å²) in [6.45, 7) is 11.8. The molecule has 1 aliphatic rings. The van der Waals surface area contributed by atoms with Gasteiger partial charge >= 0.3 is 0 Å². The van der Waals surface area contributed by atoms with Gasteiger partial charge in [-0.1, -0.05) is 27.7 Å². The number of hydrogen-bond acceptors (Lipinski definition) is 3. The highest BCUT2D eigenvalue weighted by molar-refractivity contribution is 7.09. The minimum Gasteiger partial charge on any atom is -0.320 e. The zero-order chi connectivity index (χ0) is 18.2. The standard InChI is InChI=1S/C20H27N3OS/c1-6-14-9-10-21-16(11-14)18(24)22-19-23(12-15-7-8-15)13(2)17(25-19)20(3,4)5/h9-11,15H,6-8,12H2,1-5H3/b22-19-. The predicted molar refractivity (Wildman–Crippen MR) is 102 cm³/mol. The molecule has 5 heteroatoms. The Kier molecular flexibility index (Phi) is 4.96. The average molecular weight is 358 g/mol. The molecule has 1 saturated carbocycles. The summed E-state index contributed by atoms with van der Waals surface area (Å²) in [6, 6.07) is 3.79. The molecular weight excluding hydrogens is 330 g/mol. The number of hydrogen-bond donors (Lipinski definition) is 0. The van der Waals surface area contributed by atoms with Crippen LogP contribution < -0.4 is 4.80 Å². The predicted octanol–water partition coefficient (Wildman–Crippen LogP) is 4.26. The second kappa shape index (κ2) is 6.87. The molecule has 134 valence electrons. The molecule has 0 atom stereocenters. The lowest BCUT2D eigenvalue weighted by Crippen LogP contribution is -2.20. The fourth-order valence-electron chi connectivity index (χ4n) is 2.99. The van der Waals surface area contributed by atoms with Gasteiger partial charge in [0, 0.05) is 23.3 Å². The highest BCUT2D eigenvalue weighted by Gasteiger charge is 2.27. The van der Waals surface area contributed by atoms with Gasteiger partial charge in [0.15, 0.2) is 4.80 Å². The van der Waals surface area contributed by atoms with Crippen LogP contribution in [0.15, 0.2) is 23.3 Å². The summed E-state index contributed by atoms with van der Waals surface area (Å²) >= 11 is 1.64. The molecule has 3 rings (SSSR count). The van der Waals surface area contributed by atoms with Gasteiger partial charge in [-0.25, -0.2) is 0 Å². The fraction of sp³-hybridized carbons (Fsp3) is 0.550. The molecule has 0 spiro atoms. The molecule has 4 nitrogen and oxygen atoms in total. The lowest BCUT2D eigenvalue weighted by Gasteiger charge is -2.17. The molecule has 2 aromatic heterocycles. The van der Waals surface area contributed by atoms with E-state index in [1.165, 1.54) is 23.4 Å². The van der Waals surface area contributed by atoms with Crippen molar-refractivity contribution in [3.8, 4) is 0 Å². The van der Waals surface area contributed by atoms with Crippen LogP contribution in [0, 0.1) is 12.8 Å². The Morgan fingerprint density at radius 3 is 2.72 bits per heavy atom. The summed E-state index contributed by atoms with van der Waals surface area (Å²) in [7, 11) is 0. The molecule has 0 aliphatic heterocycles. The topological polar surface area (TPSA) is 47.2 Å². The molecule has 1 fully saturated rings. The van der Waals surface area contributed by atoms with E-state index in [1.807, 2.05) is 12.1 Å². The highest BCUT2D eigenvalue weighted by Crippen LogP contribution is 2.33. The van der Waals surface area contributed by atoms with E-state index in [-0.39, 0.29) is 11.3 Å². The summed E-state index contributed by atoms with van der Waals surface area (Å²) in [5.41, 5.74) is 2.83. The molecule has 0 saturated heterocycles. The summed E-state index contributed by atoms with van der Waals surface area (Å²) in [5, 5.41) is 0. The summed E-state index contributed by atoms with van der Waals surface area (Å²) in [6.07, 6.45) is 5.14. The molecule has 0 bridgehead atoms. The maximum absolute atomic E-state index is 12.7. The molecule has 0 aromatic carbocycles. The minimum absolute atomic E-state index is 0.0528. The quantitative estimate of drug-likeness (QED) is 0.820. The fourth-order valence-corrected chi connectivity index (χ4v) is 4.19. The SMILES string of the molecule is CCc1ccnc(C(=O)/N=c2\sc(C(C)(C)C)c(C)n2CC2CC2)c1. The second-order valence-electron chi connectivity index (χ2n) is 7.92. The van der Waals surface area contributed by atoms with E-state index >= 15 is 0 Å². The molecule has 1 amide bonds. The van der Waals surface area contributed by atoms with Crippen molar-refractivity contribution < 1.29 is 4.79 Å². The minimum atomic E-state index is -0.249. The zero-order valence-electron chi connectivity index (χ0n) is 15.8. The van der Waals surface area contributed by atoms with Crippen molar-refractivity contribution in [1.29, 1.82) is 0 Å². The van der Waals surface area contributed by atoms with Crippen LogP contribution in [-0.4, -0.2) is 15.5 Å². The number of rotatable bonds is 4. The van der Waals surface area contributed by atoms with E-state index in [1.54, 1.807) is 17.5 Å². The van der Waals surface area contributed by atoms with Crippen molar-refractivity contribution in [2.75, 3.05) is 0 Å². The number of nitrogens with zero attached hydrogens (tertiary/aromatic N) is 3. The van der Waals surface area contributed by atoms with Gasteiger partial charge in [0.2, 0.25) is 0 Å². The first-order valence-electron chi connectivity index (χ1n) is 9.04. The first-order chi connectivity index (χ1) is 11.8. The number of carbonyl (C=O) groups is 1. The van der Waals surface area contributed by atoms with Crippen LogP contribution >= 0.6 is 11.3 Å². The van der Waals surface area contributed by atoms with E-state index in [9.17, 15) is 4.79 Å². The molecule has 25 heavy (non-hydrogen) atoms. The first-order valence-corrected chi connectivity index (χ1v) is 9.86. The maximum Gasteiger partial charge on any atom is 0.298 e. The van der Waals surface area contributed by atoms with Crippen LogP contribution in [0.3, 0.4) is 0 Å². The molecular formula is C20H27N3OS. The number of carbonyl (C=O) groups excluding carboxylic acids is 1. The summed E-state index contributed by atoms with van der Waals surface area (Å²) < 4.78 is 2.24. The third-order valence-electron chi connectivity index (χ3n) is 4.63. The van der Waals surface area contributed by atoms with Gasteiger partial charge in [-0.05, 0) is 55.2 Å². The molecule has 2 heterocycles. The number of thiazole rings is 1. The highest BCUT2D eigenvalue weighted by atomic mass is 32.1. The average Bonchev–Trinajstić information content (AvgIpc) is 3.33. The number of aryl methyl sites for hydroxylation is 1. The van der Waals surface area contributed by atoms with Crippen molar-refractivity contribution in [1.82, 2.24) is 9.55 Å². The Morgan fingerprint density at radius 1 is 1.40 bits per heavy atom. The molecule has 0 unspecified atom stereocenters. The van der Waals surface area contributed by atoms with Crippen molar-refractivity contribution in [2.24, 2.45) is 10.9 Å². The van der Waals surface area contributed by atoms with Gasteiger partial charge in [0.05, 0.1) is 0 Å². The van der Waals surface area contributed by atoms with E-state index in [4.69, 9.17) is 0 Å². The van der Waals surface area contributed by atoms with E-state index < -0.39 is 0 Å². The van der Waals surface area contributed by atoms with Crippen molar-refractivity contribution in [3.05, 3.63) is 45.0 Å². The number of amides is 1. The Bertz CT molecular complexity index is 851. The Morgan fingerprint density at radius 2 is 2.12 bits per heavy atom. The van der Waals surface area contributed by atoms with Crippen LogP contribution in [0.4, 0.5) is 0 Å². The molecule has 0 N–H and O–H groups in total. The van der Waals surface area contributed by atoms with Crippen LogP contribution in [0.2, 0.25) is 0 Å². The van der Waals surface area contributed by atoms with Crippen molar-refractivity contribution in [2.45, 2.75) is 65.8 Å². The monoisotopic (exact) mass is 357 g/mol. The normalized spacial score (nSPS) is 15.6. The van der Waals surface area contributed by atoms with Crippen LogP contribution in [0.5, 0.6) is 0 Å². The van der Waals surface area contributed by atoms with Crippen LogP contribution in [0.25, 0.3) is 0 Å². The first kappa shape index (κ1) is 18.1. The van der Waals surface area contributed by atoms with Crippen LogP contribution in [0.1, 0.15) is 67.2 Å². The van der Waals surface area contributed by atoms with Gasteiger partial charge < -0.3 is 4.57 Å². The third kappa shape index (κ3) is 4.09. The Balaban J connectivity index is 2.04. The molecule has 0 radical (unpaired) electrons. The Hall–Kier alpha value is -1.75. The van der Waals surface area contributed by atoms with Crippen molar-refractivity contribution in [3.63, 3.8) is 0 Å². The number of pyridine rings is 1. The lowest BCUT2D eigenvalue weighted by atomic mass is 9.93. The summed E-state index contributed by atoms with van der Waals surface area (Å²) in [5.74, 6) is 0.485. The molecule has 2 aromatic rings. The smallest absolute Gasteiger partial charge is 0.298 e. The lowest BCUT2D eigenvalue weighted by molar-refractivity contribution is 0.0993. The Labute approximate surface area is 153 Å². The van der Waals surface area contributed by atoms with E-state index in [0.29, 0.717) is 5.69 Å². The maximum atomic E-state index is 12.7. The van der Waals surface area contributed by atoms with Gasteiger partial charge in [0.1, 0.15) is 5.69 Å². The second-order valence-corrected chi connectivity index (χ2v) is 8.90. The van der Waals surface area contributed by atoms with E-state index in [0.717, 1.165) is 29.2 Å². The van der Waals surface area contributed by atoms with Gasteiger partial charge in [-0.15, -0.1) is 11.3 Å². The van der Waals surface area contributed by atoms with Gasteiger partial charge in [-0.2, -0.15) is 4.99 Å².